The molecule has 94 valence electrons. The van der Waals surface area contributed by atoms with Crippen LogP contribution in [0.1, 0.15) is 22.9 Å². The Morgan fingerprint density at radius 3 is 2.61 bits per heavy atom. The fourth-order valence-corrected chi connectivity index (χ4v) is 1.76. The van der Waals surface area contributed by atoms with Crippen LogP contribution in [0.25, 0.3) is 0 Å². The quantitative estimate of drug-likeness (QED) is 0.896. The number of hydrogen-bond donors (Lipinski definition) is 1. The Morgan fingerprint density at radius 1 is 1.28 bits per heavy atom. The first-order chi connectivity index (χ1) is 8.65. The van der Waals surface area contributed by atoms with Crippen LogP contribution in [-0.2, 0) is 17.8 Å². The van der Waals surface area contributed by atoms with E-state index in [1.165, 1.54) is 0 Å². The van der Waals surface area contributed by atoms with E-state index in [2.05, 4.69) is 10.3 Å². The number of hydrogen-bond acceptors (Lipinski definition) is 3. The lowest BCUT2D eigenvalue weighted by molar-refractivity contribution is -0.120. The summed E-state index contributed by atoms with van der Waals surface area (Å²) in [6.07, 6.45) is 0.382. The van der Waals surface area contributed by atoms with Gasteiger partial charge < -0.3 is 9.73 Å². The number of oxazole rings is 1. The van der Waals surface area contributed by atoms with Gasteiger partial charge in [0.05, 0.1) is 18.7 Å². The van der Waals surface area contributed by atoms with Crippen LogP contribution in [-0.4, -0.2) is 10.9 Å². The highest BCUT2D eigenvalue weighted by Crippen LogP contribution is 2.08. The average Bonchev–Trinajstić information content (AvgIpc) is 2.66. The van der Waals surface area contributed by atoms with Gasteiger partial charge in [0, 0.05) is 6.92 Å². The van der Waals surface area contributed by atoms with Gasteiger partial charge in [0.15, 0.2) is 5.89 Å². The van der Waals surface area contributed by atoms with Crippen LogP contribution in [0.4, 0.5) is 0 Å². The first kappa shape index (κ1) is 12.4. The van der Waals surface area contributed by atoms with Crippen molar-refractivity contribution in [2.24, 2.45) is 0 Å². The van der Waals surface area contributed by atoms with Crippen LogP contribution >= 0.6 is 0 Å². The van der Waals surface area contributed by atoms with Crippen molar-refractivity contribution in [1.82, 2.24) is 10.3 Å². The molecule has 0 fully saturated rings. The molecule has 0 atom stereocenters. The summed E-state index contributed by atoms with van der Waals surface area (Å²) in [6.45, 7) is 4.05. The number of amides is 1. The van der Waals surface area contributed by atoms with Crippen LogP contribution < -0.4 is 5.32 Å². The third-order valence-electron chi connectivity index (χ3n) is 2.65. The van der Waals surface area contributed by atoms with Crippen LogP contribution in [0.3, 0.4) is 0 Å². The SMILES string of the molecule is Cc1nc(C)c(CNC(=O)Cc2ccccc2)o1. The molecule has 0 saturated carbocycles. The van der Waals surface area contributed by atoms with Gasteiger partial charge in [-0.25, -0.2) is 4.98 Å². The fraction of sp³-hybridized carbons (Fsp3) is 0.286. The zero-order valence-electron chi connectivity index (χ0n) is 10.6. The molecule has 0 unspecified atom stereocenters. The Bertz CT molecular complexity index is 532. The number of nitrogens with zero attached hydrogens (tertiary/aromatic N) is 1. The van der Waals surface area contributed by atoms with E-state index in [0.29, 0.717) is 24.6 Å². The maximum Gasteiger partial charge on any atom is 0.224 e. The third kappa shape index (κ3) is 3.20. The Balaban J connectivity index is 1.87. The van der Waals surface area contributed by atoms with Crippen LogP contribution in [0.5, 0.6) is 0 Å². The minimum atomic E-state index is -0.0188. The molecule has 1 N–H and O–H groups in total. The highest BCUT2D eigenvalue weighted by Gasteiger charge is 2.08. The van der Waals surface area contributed by atoms with Gasteiger partial charge in [-0.2, -0.15) is 0 Å². The summed E-state index contributed by atoms with van der Waals surface area (Å²) in [5.74, 6) is 1.32. The second-order valence-corrected chi connectivity index (χ2v) is 4.18. The lowest BCUT2D eigenvalue weighted by Crippen LogP contribution is -2.24. The number of carbonyl (C=O) groups excluding carboxylic acids is 1. The normalized spacial score (nSPS) is 10.3. The molecule has 2 rings (SSSR count). The van der Waals surface area contributed by atoms with Crippen molar-refractivity contribution in [3.05, 3.63) is 53.2 Å². The number of aromatic nitrogens is 1. The molecule has 0 saturated heterocycles. The van der Waals surface area contributed by atoms with Crippen molar-refractivity contribution >= 4 is 5.91 Å². The molecular formula is C14H16N2O2. The topological polar surface area (TPSA) is 55.1 Å². The van der Waals surface area contributed by atoms with E-state index in [0.717, 1.165) is 11.3 Å². The molecule has 0 aliphatic carbocycles. The second-order valence-electron chi connectivity index (χ2n) is 4.18. The second kappa shape index (κ2) is 5.49. The predicted molar refractivity (Wildman–Crippen MR) is 68.0 cm³/mol. The molecule has 4 nitrogen and oxygen atoms in total. The van der Waals surface area contributed by atoms with Gasteiger partial charge in [0.2, 0.25) is 5.91 Å². The number of aryl methyl sites for hydroxylation is 2. The lowest BCUT2D eigenvalue weighted by Gasteiger charge is -2.03. The van der Waals surface area contributed by atoms with E-state index in [1.807, 2.05) is 37.3 Å². The Morgan fingerprint density at radius 2 is 2.00 bits per heavy atom. The summed E-state index contributed by atoms with van der Waals surface area (Å²) in [4.78, 5) is 15.9. The van der Waals surface area contributed by atoms with Gasteiger partial charge >= 0.3 is 0 Å². The highest BCUT2D eigenvalue weighted by atomic mass is 16.4. The molecule has 18 heavy (non-hydrogen) atoms. The van der Waals surface area contributed by atoms with Gasteiger partial charge in [-0.3, -0.25) is 4.79 Å². The zero-order valence-corrected chi connectivity index (χ0v) is 10.6. The van der Waals surface area contributed by atoms with E-state index >= 15 is 0 Å². The van der Waals surface area contributed by atoms with Gasteiger partial charge in [0.25, 0.3) is 0 Å². The van der Waals surface area contributed by atoms with Crippen LogP contribution in [0, 0.1) is 13.8 Å². The minimum absolute atomic E-state index is 0.0188. The lowest BCUT2D eigenvalue weighted by atomic mass is 10.1. The van der Waals surface area contributed by atoms with E-state index in [1.54, 1.807) is 6.92 Å². The first-order valence-corrected chi connectivity index (χ1v) is 5.88. The van der Waals surface area contributed by atoms with Crippen molar-refractivity contribution in [3.8, 4) is 0 Å². The zero-order chi connectivity index (χ0) is 13.0. The molecule has 1 aromatic carbocycles. The van der Waals surface area contributed by atoms with Crippen molar-refractivity contribution in [2.45, 2.75) is 26.8 Å². The van der Waals surface area contributed by atoms with Crippen molar-refractivity contribution in [3.63, 3.8) is 0 Å². The molecular weight excluding hydrogens is 228 g/mol. The minimum Gasteiger partial charge on any atom is -0.444 e. The van der Waals surface area contributed by atoms with Gasteiger partial charge in [-0.1, -0.05) is 30.3 Å². The Kier molecular flexibility index (Phi) is 3.77. The molecule has 1 aromatic heterocycles. The summed E-state index contributed by atoms with van der Waals surface area (Å²) in [7, 11) is 0. The summed E-state index contributed by atoms with van der Waals surface area (Å²) in [5, 5.41) is 2.83. The number of rotatable bonds is 4. The maximum atomic E-state index is 11.7. The van der Waals surface area contributed by atoms with Crippen LogP contribution in [0.2, 0.25) is 0 Å². The van der Waals surface area contributed by atoms with Crippen LogP contribution in [0.15, 0.2) is 34.7 Å². The fourth-order valence-electron chi connectivity index (χ4n) is 1.76. The molecule has 0 aliphatic heterocycles. The van der Waals surface area contributed by atoms with Gasteiger partial charge in [-0.15, -0.1) is 0 Å². The molecule has 0 radical (unpaired) electrons. The smallest absolute Gasteiger partial charge is 0.224 e. The molecule has 0 aliphatic rings. The summed E-state index contributed by atoms with van der Waals surface area (Å²) in [6, 6.07) is 9.65. The Labute approximate surface area is 106 Å². The molecule has 0 bridgehead atoms. The van der Waals surface area contributed by atoms with Crippen molar-refractivity contribution < 1.29 is 9.21 Å². The largest absolute Gasteiger partial charge is 0.444 e. The molecule has 1 amide bonds. The third-order valence-corrected chi connectivity index (χ3v) is 2.65. The van der Waals surface area contributed by atoms with E-state index < -0.39 is 0 Å². The number of carbonyl (C=O) groups is 1. The van der Waals surface area contributed by atoms with E-state index in [9.17, 15) is 4.79 Å². The molecule has 2 aromatic rings. The summed E-state index contributed by atoms with van der Waals surface area (Å²) in [5.41, 5.74) is 1.83. The van der Waals surface area contributed by atoms with Crippen molar-refractivity contribution in [1.29, 1.82) is 0 Å². The predicted octanol–water partition coefficient (Wildman–Crippen LogP) is 2.15. The highest BCUT2D eigenvalue weighted by molar-refractivity contribution is 5.78. The van der Waals surface area contributed by atoms with Gasteiger partial charge in [-0.05, 0) is 12.5 Å². The molecule has 1 heterocycles. The standard InChI is InChI=1S/C14H16N2O2/c1-10-13(18-11(2)16-10)9-15-14(17)8-12-6-4-3-5-7-12/h3-7H,8-9H2,1-2H3,(H,15,17). The number of benzene rings is 1. The maximum absolute atomic E-state index is 11.7. The summed E-state index contributed by atoms with van der Waals surface area (Å²) >= 11 is 0. The summed E-state index contributed by atoms with van der Waals surface area (Å²) < 4.78 is 5.39. The molecule has 0 spiro atoms. The Hall–Kier alpha value is -2.10. The first-order valence-electron chi connectivity index (χ1n) is 5.88. The molecule has 4 heteroatoms. The average molecular weight is 244 g/mol. The number of nitrogens with one attached hydrogen (secondary N) is 1. The van der Waals surface area contributed by atoms with E-state index in [4.69, 9.17) is 4.42 Å². The van der Waals surface area contributed by atoms with Crippen molar-refractivity contribution in [2.75, 3.05) is 0 Å². The van der Waals surface area contributed by atoms with E-state index in [-0.39, 0.29) is 5.91 Å². The monoisotopic (exact) mass is 244 g/mol. The van der Waals surface area contributed by atoms with Gasteiger partial charge in [0.1, 0.15) is 5.76 Å².